The first-order chi connectivity index (χ1) is 9.24. The Morgan fingerprint density at radius 1 is 1.26 bits per heavy atom. The first kappa shape index (κ1) is 14.5. The minimum Gasteiger partial charge on any atom is -0.493 e. The Labute approximate surface area is 120 Å². The largest absolute Gasteiger partial charge is 0.493 e. The Morgan fingerprint density at radius 3 is 2.58 bits per heavy atom. The third-order valence-corrected chi connectivity index (χ3v) is 5.36. The Morgan fingerprint density at radius 2 is 2.05 bits per heavy atom. The van der Waals surface area contributed by atoms with E-state index in [1.54, 1.807) is 14.2 Å². The fourth-order valence-electron chi connectivity index (χ4n) is 2.54. The van der Waals surface area contributed by atoms with Crippen LogP contribution in [0.15, 0.2) is 18.2 Å². The lowest BCUT2D eigenvalue weighted by Crippen LogP contribution is -2.43. The highest BCUT2D eigenvalue weighted by Gasteiger charge is 2.35. The molecule has 0 spiro atoms. The molecule has 106 valence electrons. The van der Waals surface area contributed by atoms with Gasteiger partial charge in [0.1, 0.15) is 0 Å². The zero-order valence-corrected chi connectivity index (χ0v) is 12.8. The van der Waals surface area contributed by atoms with Crippen LogP contribution in [0.3, 0.4) is 0 Å². The zero-order valence-electron chi connectivity index (χ0n) is 12.0. The number of nitrogens with one attached hydrogen (secondary N) is 1. The number of ether oxygens (including phenoxy) is 2. The average Bonchev–Trinajstić information content (AvgIpc) is 2.41. The molecule has 1 aromatic rings. The molecule has 1 aliphatic rings. The van der Waals surface area contributed by atoms with Crippen molar-refractivity contribution in [3.05, 3.63) is 23.8 Å². The number of benzene rings is 1. The summed E-state index contributed by atoms with van der Waals surface area (Å²) >= 11 is 1.99. The Bertz CT molecular complexity index is 413. The van der Waals surface area contributed by atoms with Crippen LogP contribution in [-0.4, -0.2) is 31.8 Å². The van der Waals surface area contributed by atoms with Gasteiger partial charge < -0.3 is 14.8 Å². The summed E-state index contributed by atoms with van der Waals surface area (Å²) < 4.78 is 11.2. The van der Waals surface area contributed by atoms with Gasteiger partial charge in [-0.15, -0.1) is 0 Å². The van der Waals surface area contributed by atoms with Crippen LogP contribution in [0.5, 0.6) is 11.5 Å². The standard InChI is InChI=1S/C15H23NO2S/c1-17-13-7-4-6-12(14(13)18-2)10-16-11-15(19-3)8-5-9-15/h4,6-7,16H,5,8-11H2,1-3H3. The predicted molar refractivity (Wildman–Crippen MR) is 81.3 cm³/mol. The van der Waals surface area contributed by atoms with Crippen LogP contribution in [0.2, 0.25) is 0 Å². The first-order valence-electron chi connectivity index (χ1n) is 6.70. The van der Waals surface area contributed by atoms with Gasteiger partial charge in [-0.25, -0.2) is 0 Å². The van der Waals surface area contributed by atoms with Crippen molar-refractivity contribution >= 4 is 11.8 Å². The number of rotatable bonds is 7. The van der Waals surface area contributed by atoms with E-state index in [1.807, 2.05) is 23.9 Å². The van der Waals surface area contributed by atoms with E-state index in [4.69, 9.17) is 9.47 Å². The molecule has 1 N–H and O–H groups in total. The molecule has 1 aromatic carbocycles. The molecule has 1 fully saturated rings. The summed E-state index contributed by atoms with van der Waals surface area (Å²) in [5, 5.41) is 3.57. The maximum Gasteiger partial charge on any atom is 0.165 e. The quantitative estimate of drug-likeness (QED) is 0.832. The Hall–Kier alpha value is -0.870. The second kappa shape index (κ2) is 6.53. The topological polar surface area (TPSA) is 30.5 Å². The van der Waals surface area contributed by atoms with Gasteiger partial charge in [0.2, 0.25) is 0 Å². The van der Waals surface area contributed by atoms with Gasteiger partial charge in [0.25, 0.3) is 0 Å². The van der Waals surface area contributed by atoms with Gasteiger partial charge >= 0.3 is 0 Å². The molecule has 0 saturated heterocycles. The second-order valence-electron chi connectivity index (χ2n) is 5.00. The monoisotopic (exact) mass is 281 g/mol. The van der Waals surface area contributed by atoms with E-state index >= 15 is 0 Å². The molecule has 0 aromatic heterocycles. The molecule has 0 heterocycles. The van der Waals surface area contributed by atoms with Crippen LogP contribution in [0.25, 0.3) is 0 Å². The van der Waals surface area contributed by atoms with Gasteiger partial charge in [0.15, 0.2) is 11.5 Å². The van der Waals surface area contributed by atoms with Crippen molar-refractivity contribution in [1.29, 1.82) is 0 Å². The molecule has 0 bridgehead atoms. The number of hydrogen-bond acceptors (Lipinski definition) is 4. The highest BCUT2D eigenvalue weighted by molar-refractivity contribution is 8.00. The summed E-state index contributed by atoms with van der Waals surface area (Å²) in [4.78, 5) is 0. The molecule has 1 saturated carbocycles. The van der Waals surface area contributed by atoms with E-state index in [0.29, 0.717) is 4.75 Å². The molecule has 0 radical (unpaired) electrons. The first-order valence-corrected chi connectivity index (χ1v) is 7.93. The van der Waals surface area contributed by atoms with Crippen LogP contribution >= 0.6 is 11.8 Å². The third-order valence-electron chi connectivity index (χ3n) is 3.94. The van der Waals surface area contributed by atoms with E-state index in [-0.39, 0.29) is 0 Å². The van der Waals surface area contributed by atoms with E-state index in [2.05, 4.69) is 17.6 Å². The minimum atomic E-state index is 0.464. The van der Waals surface area contributed by atoms with E-state index in [1.165, 1.54) is 19.3 Å². The van der Waals surface area contributed by atoms with Crippen molar-refractivity contribution in [2.24, 2.45) is 0 Å². The van der Waals surface area contributed by atoms with Gasteiger partial charge in [-0.05, 0) is 25.2 Å². The van der Waals surface area contributed by atoms with Crippen LogP contribution in [0, 0.1) is 0 Å². The van der Waals surface area contributed by atoms with Crippen LogP contribution in [-0.2, 0) is 6.54 Å². The molecule has 4 heteroatoms. The molecular weight excluding hydrogens is 258 g/mol. The van der Waals surface area contributed by atoms with Crippen LogP contribution in [0.4, 0.5) is 0 Å². The molecule has 2 rings (SSSR count). The van der Waals surface area contributed by atoms with Gasteiger partial charge in [-0.1, -0.05) is 18.6 Å². The van der Waals surface area contributed by atoms with Crippen LogP contribution in [0.1, 0.15) is 24.8 Å². The van der Waals surface area contributed by atoms with Gasteiger partial charge in [0, 0.05) is 23.4 Å². The summed E-state index contributed by atoms with van der Waals surface area (Å²) in [5.74, 6) is 1.63. The molecule has 3 nitrogen and oxygen atoms in total. The lowest BCUT2D eigenvalue weighted by atomic mass is 9.84. The molecular formula is C15H23NO2S. The Balaban J connectivity index is 1.95. The number of para-hydroxylation sites is 1. The molecule has 19 heavy (non-hydrogen) atoms. The predicted octanol–water partition coefficient (Wildman–Crippen LogP) is 3.08. The lowest BCUT2D eigenvalue weighted by molar-refractivity contribution is 0.338. The van der Waals surface area contributed by atoms with Crippen molar-refractivity contribution in [1.82, 2.24) is 5.32 Å². The number of methoxy groups -OCH3 is 2. The van der Waals surface area contributed by atoms with E-state index in [0.717, 1.165) is 30.2 Å². The van der Waals surface area contributed by atoms with Gasteiger partial charge in [-0.3, -0.25) is 0 Å². The third kappa shape index (κ3) is 3.18. The van der Waals surface area contributed by atoms with E-state index in [9.17, 15) is 0 Å². The summed E-state index contributed by atoms with van der Waals surface area (Å²) in [6.07, 6.45) is 6.24. The molecule has 0 atom stereocenters. The highest BCUT2D eigenvalue weighted by Crippen LogP contribution is 2.42. The normalized spacial score (nSPS) is 16.8. The molecule has 1 aliphatic carbocycles. The van der Waals surface area contributed by atoms with Crippen molar-refractivity contribution in [3.8, 4) is 11.5 Å². The minimum absolute atomic E-state index is 0.464. The maximum absolute atomic E-state index is 5.45. The molecule has 0 unspecified atom stereocenters. The van der Waals surface area contributed by atoms with Crippen LogP contribution < -0.4 is 14.8 Å². The smallest absolute Gasteiger partial charge is 0.165 e. The lowest BCUT2D eigenvalue weighted by Gasteiger charge is -2.40. The van der Waals surface area contributed by atoms with Crippen molar-refractivity contribution in [2.45, 2.75) is 30.6 Å². The molecule has 0 amide bonds. The Kier molecular flexibility index (Phi) is 4.99. The summed E-state index contributed by atoms with van der Waals surface area (Å²) in [6.45, 7) is 1.89. The fraction of sp³-hybridized carbons (Fsp3) is 0.600. The highest BCUT2D eigenvalue weighted by atomic mass is 32.2. The maximum atomic E-state index is 5.45. The van der Waals surface area contributed by atoms with Gasteiger partial charge in [0.05, 0.1) is 14.2 Å². The zero-order chi connectivity index (χ0) is 13.7. The summed E-state index contributed by atoms with van der Waals surface area (Å²) in [7, 11) is 3.36. The summed E-state index contributed by atoms with van der Waals surface area (Å²) in [5.41, 5.74) is 1.15. The summed E-state index contributed by atoms with van der Waals surface area (Å²) in [6, 6.07) is 6.02. The molecule has 0 aliphatic heterocycles. The number of hydrogen-bond donors (Lipinski definition) is 1. The average molecular weight is 281 g/mol. The van der Waals surface area contributed by atoms with Crippen molar-refractivity contribution < 1.29 is 9.47 Å². The van der Waals surface area contributed by atoms with Crippen molar-refractivity contribution in [3.63, 3.8) is 0 Å². The second-order valence-corrected chi connectivity index (χ2v) is 6.27. The number of thioether (sulfide) groups is 1. The fourth-order valence-corrected chi connectivity index (χ4v) is 3.49. The van der Waals surface area contributed by atoms with E-state index < -0.39 is 0 Å². The van der Waals surface area contributed by atoms with Crippen molar-refractivity contribution in [2.75, 3.05) is 27.0 Å². The SMILES string of the molecule is COc1cccc(CNCC2(SC)CCC2)c1OC. The van der Waals surface area contributed by atoms with Gasteiger partial charge in [-0.2, -0.15) is 11.8 Å².